The highest BCUT2D eigenvalue weighted by atomic mass is 31.2. The van der Waals surface area contributed by atoms with Crippen molar-refractivity contribution in [3.05, 3.63) is 193 Å². The van der Waals surface area contributed by atoms with E-state index in [1.807, 2.05) is 18.2 Å². The lowest BCUT2D eigenvalue weighted by Crippen LogP contribution is -2.39. The highest BCUT2D eigenvalue weighted by Crippen LogP contribution is 2.55. The predicted molar refractivity (Wildman–Crippen MR) is 335 cm³/mol. The van der Waals surface area contributed by atoms with Gasteiger partial charge in [0.25, 0.3) is 0 Å². The average molecular weight is 1240 g/mol. The second-order valence-corrected chi connectivity index (χ2v) is 23.1. The summed E-state index contributed by atoms with van der Waals surface area (Å²) in [6.07, 6.45) is -1.73. The number of nitrogens with zero attached hydrogens (tertiary/aromatic N) is 2. The zero-order valence-corrected chi connectivity index (χ0v) is 50.1. The van der Waals surface area contributed by atoms with Gasteiger partial charge in [0.2, 0.25) is 23.6 Å². The van der Waals surface area contributed by atoms with Crippen molar-refractivity contribution in [2.45, 2.75) is 58.7 Å². The molecular formula is C60H66N12O14P2. The SMILES string of the molecule is CC(=O)Nc1ccc(OP(=O)(Oc2ccc(NC(C)=O)cc2)C(Cc2ccc(N=C(N)N)cc2)NC(=O)OCc2ccccc2)cc1.COC(=O)NC(Cc1ccc(N=C(N)N)cc1)P(=O)(Oc1ccc(NC(C)=O)cc1)Oc1ccc(NC(C)=O)cc1. The van der Waals surface area contributed by atoms with E-state index >= 15 is 0 Å². The first-order valence-electron chi connectivity index (χ1n) is 26.6. The first-order chi connectivity index (χ1) is 41.9. The Morgan fingerprint density at radius 1 is 0.409 bits per heavy atom. The molecule has 460 valence electrons. The molecule has 0 heterocycles. The lowest BCUT2D eigenvalue weighted by atomic mass is 10.1. The number of carbonyl (C=O) groups excluding carboxylic acids is 6. The van der Waals surface area contributed by atoms with Crippen LogP contribution in [0.3, 0.4) is 0 Å². The number of aliphatic imine (C=N–C) groups is 2. The number of alkyl carbamates (subject to hydrolysis) is 2. The smallest absolute Gasteiger partial charge is 0.453 e. The van der Waals surface area contributed by atoms with Crippen LogP contribution in [0.5, 0.6) is 23.0 Å². The Labute approximate surface area is 506 Å². The van der Waals surface area contributed by atoms with Crippen LogP contribution in [0.2, 0.25) is 0 Å². The van der Waals surface area contributed by atoms with Gasteiger partial charge in [-0.1, -0.05) is 54.6 Å². The number of carbonyl (C=O) groups is 6. The van der Waals surface area contributed by atoms with Gasteiger partial charge in [0.05, 0.1) is 18.5 Å². The van der Waals surface area contributed by atoms with Crippen LogP contribution >= 0.6 is 15.2 Å². The van der Waals surface area contributed by atoms with Crippen molar-refractivity contribution >= 4 is 97.1 Å². The molecule has 0 saturated heterocycles. The average Bonchev–Trinajstić information content (AvgIpc) is 1.45. The number of benzene rings is 7. The summed E-state index contributed by atoms with van der Waals surface area (Å²) in [5.41, 5.74) is 26.9. The minimum Gasteiger partial charge on any atom is -0.453 e. The molecule has 88 heavy (non-hydrogen) atoms. The van der Waals surface area contributed by atoms with Crippen LogP contribution < -0.4 is 72.9 Å². The first-order valence-corrected chi connectivity index (χ1v) is 29.8. The number of nitrogens with two attached hydrogens (primary N) is 4. The Kier molecular flexibility index (Phi) is 24.0. The van der Waals surface area contributed by atoms with Crippen LogP contribution in [-0.4, -0.2) is 66.4 Å². The zero-order valence-electron chi connectivity index (χ0n) is 48.3. The van der Waals surface area contributed by atoms with Crippen molar-refractivity contribution in [3.63, 3.8) is 0 Å². The van der Waals surface area contributed by atoms with E-state index in [2.05, 4.69) is 41.9 Å². The van der Waals surface area contributed by atoms with Gasteiger partial charge in [0, 0.05) is 63.3 Å². The van der Waals surface area contributed by atoms with Crippen molar-refractivity contribution in [1.82, 2.24) is 10.6 Å². The van der Waals surface area contributed by atoms with Crippen molar-refractivity contribution in [3.8, 4) is 23.0 Å². The van der Waals surface area contributed by atoms with E-state index in [4.69, 9.17) is 50.5 Å². The quantitative estimate of drug-likeness (QED) is 0.0153. The van der Waals surface area contributed by atoms with Crippen molar-refractivity contribution in [2.24, 2.45) is 32.9 Å². The molecule has 7 rings (SSSR count). The van der Waals surface area contributed by atoms with Gasteiger partial charge in [-0.25, -0.2) is 28.7 Å². The van der Waals surface area contributed by atoms with Crippen LogP contribution in [0, 0.1) is 0 Å². The van der Waals surface area contributed by atoms with Crippen molar-refractivity contribution in [2.75, 3.05) is 28.4 Å². The summed E-state index contributed by atoms with van der Waals surface area (Å²) in [6.45, 7) is 5.46. The fraction of sp³-hybridized carbons (Fsp3) is 0.167. The minimum absolute atomic E-state index is 0.00241. The molecule has 0 radical (unpaired) electrons. The molecule has 14 N–H and O–H groups in total. The molecule has 0 aromatic heterocycles. The molecule has 0 aliphatic carbocycles. The van der Waals surface area contributed by atoms with Crippen LogP contribution in [0.15, 0.2) is 186 Å². The fourth-order valence-electron chi connectivity index (χ4n) is 7.83. The maximum absolute atomic E-state index is 14.9. The Bertz CT molecular complexity index is 3540. The summed E-state index contributed by atoms with van der Waals surface area (Å²) in [5.74, 6) is -3.18. The van der Waals surface area contributed by atoms with Crippen molar-refractivity contribution in [1.29, 1.82) is 0 Å². The molecule has 26 nitrogen and oxygen atoms in total. The van der Waals surface area contributed by atoms with Crippen LogP contribution in [0.1, 0.15) is 44.4 Å². The molecule has 0 spiro atoms. The molecule has 2 atom stereocenters. The van der Waals surface area contributed by atoms with Gasteiger partial charge >= 0.3 is 27.4 Å². The Morgan fingerprint density at radius 3 is 0.977 bits per heavy atom. The molecule has 0 aliphatic rings. The van der Waals surface area contributed by atoms with Crippen LogP contribution in [0.4, 0.5) is 43.7 Å². The number of methoxy groups -OCH3 is 1. The third-order valence-electron chi connectivity index (χ3n) is 11.6. The third kappa shape index (κ3) is 22.3. The largest absolute Gasteiger partial charge is 0.453 e. The monoisotopic (exact) mass is 1240 g/mol. The Morgan fingerprint density at radius 2 is 0.705 bits per heavy atom. The topological polar surface area (TPSA) is 393 Å². The van der Waals surface area contributed by atoms with E-state index < -0.39 is 38.9 Å². The summed E-state index contributed by atoms with van der Waals surface area (Å²) in [7, 11) is -7.47. The summed E-state index contributed by atoms with van der Waals surface area (Å²) in [5, 5.41) is 15.8. The number of rotatable bonds is 24. The number of nitrogens with one attached hydrogen (secondary N) is 6. The van der Waals surface area contributed by atoms with Crippen LogP contribution in [-0.2, 0) is 57.2 Å². The second-order valence-electron chi connectivity index (χ2n) is 19.0. The van der Waals surface area contributed by atoms with E-state index in [1.54, 1.807) is 109 Å². The fourth-order valence-corrected chi connectivity index (χ4v) is 11.5. The van der Waals surface area contributed by atoms with Gasteiger partial charge in [0.1, 0.15) is 29.6 Å². The van der Waals surface area contributed by atoms with Gasteiger partial charge in [-0.3, -0.25) is 19.2 Å². The second kappa shape index (κ2) is 31.9. The van der Waals surface area contributed by atoms with E-state index in [1.165, 1.54) is 83.3 Å². The molecule has 7 aromatic carbocycles. The summed E-state index contributed by atoms with van der Waals surface area (Å²) in [4.78, 5) is 79.2. The van der Waals surface area contributed by atoms with Gasteiger partial charge < -0.3 is 82.4 Å². The predicted octanol–water partition coefficient (Wildman–Crippen LogP) is 9.74. The highest BCUT2D eigenvalue weighted by molar-refractivity contribution is 7.55. The molecule has 0 aliphatic heterocycles. The lowest BCUT2D eigenvalue weighted by Gasteiger charge is -2.28. The van der Waals surface area contributed by atoms with E-state index in [0.717, 1.165) is 5.56 Å². The van der Waals surface area contributed by atoms with E-state index in [-0.39, 0.29) is 78.0 Å². The molecule has 2 unspecified atom stereocenters. The molecule has 6 amide bonds. The van der Waals surface area contributed by atoms with E-state index in [0.29, 0.717) is 45.3 Å². The number of anilines is 4. The third-order valence-corrected chi connectivity index (χ3v) is 15.6. The van der Waals surface area contributed by atoms with Crippen molar-refractivity contribution < 1.29 is 65.5 Å². The normalized spacial score (nSPS) is 11.4. The van der Waals surface area contributed by atoms with E-state index in [9.17, 15) is 37.9 Å². The summed E-state index contributed by atoms with van der Waals surface area (Å²) in [6, 6.07) is 47.1. The molecular weight excluding hydrogens is 1170 g/mol. The first kappa shape index (κ1) is 66.3. The molecule has 0 fully saturated rings. The maximum Gasteiger partial charge on any atom is 0.453 e. The van der Waals surface area contributed by atoms with Gasteiger partial charge in [0.15, 0.2) is 23.5 Å². The Balaban J connectivity index is 0.000000284. The standard InChI is InChI=1S/C33H35N6O7P.C27H31N6O7P/c1-22(40)36-26-12-16-29(17-13-26)45-47(43,46-30-18-14-27(15-19-30)37-23(2)41)31(20-24-8-10-28(11-9-24)38-32(34)35)39-33(42)44-21-25-6-4-3-5-7-25;1-17(34)30-20-8-12-23(13-9-20)39-41(37,40-24-14-10-21(11-15-24)31-18(2)35)25(33-27(36)38-3)16-19-4-6-22(7-5-19)32-26(28)29/h3-19,31H,20-21H2,1-2H3,(H,36,40)(H,37,41)(H,39,42)(H4,34,35,38);4-15,25H,16H2,1-3H3,(H,30,34)(H,31,35)(H,33,36)(H4,28,29,32). The van der Waals surface area contributed by atoms with Gasteiger partial charge in [-0.15, -0.1) is 0 Å². The Hall–Kier alpha value is -10.8. The van der Waals surface area contributed by atoms with Crippen LogP contribution in [0.25, 0.3) is 0 Å². The molecule has 7 aromatic rings. The number of guanidine groups is 2. The number of amides is 6. The summed E-state index contributed by atoms with van der Waals surface area (Å²) < 4.78 is 63.7. The molecule has 0 saturated carbocycles. The summed E-state index contributed by atoms with van der Waals surface area (Å²) >= 11 is 0. The maximum atomic E-state index is 14.9. The lowest BCUT2D eigenvalue weighted by molar-refractivity contribution is -0.115. The number of hydrogen-bond donors (Lipinski definition) is 10. The molecule has 0 bridgehead atoms. The van der Waals surface area contributed by atoms with Gasteiger partial charge in [-0.05, 0) is 138 Å². The zero-order chi connectivity index (χ0) is 63.8. The van der Waals surface area contributed by atoms with Gasteiger partial charge in [-0.2, -0.15) is 0 Å². The highest BCUT2D eigenvalue weighted by Gasteiger charge is 2.43. The number of ether oxygens (including phenoxy) is 2. The number of hydrogen-bond acceptors (Lipinski definition) is 16. The minimum atomic E-state index is -4.36. The molecule has 28 heteroatoms.